The second-order valence-electron chi connectivity index (χ2n) is 7.67. The fourth-order valence-electron chi connectivity index (χ4n) is 3.60. The van der Waals surface area contributed by atoms with Gasteiger partial charge in [0.1, 0.15) is 0 Å². The Hall–Kier alpha value is -1.73. The van der Waals surface area contributed by atoms with Gasteiger partial charge in [0.25, 0.3) is 0 Å². The molecular formula is C22H23N2NaO5S. The fraction of sp³-hybridized carbons (Fsp3) is 0.364. The minimum Gasteiger partial charge on any atom is -0.545 e. The van der Waals surface area contributed by atoms with Crippen molar-refractivity contribution in [2.75, 3.05) is 25.4 Å². The van der Waals surface area contributed by atoms with Crippen LogP contribution in [0, 0.1) is 6.57 Å². The third-order valence-corrected chi connectivity index (χ3v) is 7.38. The van der Waals surface area contributed by atoms with Crippen molar-refractivity contribution in [1.82, 2.24) is 4.90 Å². The minimum atomic E-state index is -3.75. The van der Waals surface area contributed by atoms with Gasteiger partial charge in [0.15, 0.2) is 15.5 Å². The third kappa shape index (κ3) is 6.88. The first kappa shape index (κ1) is 25.5. The molecule has 1 aliphatic rings. The predicted octanol–water partition coefficient (Wildman–Crippen LogP) is -1.55. The summed E-state index contributed by atoms with van der Waals surface area (Å²) in [6.07, 6.45) is 1.51. The summed E-state index contributed by atoms with van der Waals surface area (Å²) >= 11 is 0. The number of carbonyl (C=O) groups is 1. The molecule has 0 atom stereocenters. The maximum atomic E-state index is 12.7. The maximum absolute atomic E-state index is 12.7. The van der Waals surface area contributed by atoms with Gasteiger partial charge >= 0.3 is 29.6 Å². The molecular weight excluding hydrogens is 427 g/mol. The summed E-state index contributed by atoms with van der Waals surface area (Å²) in [4.78, 5) is 16.4. The normalized spacial score (nSPS) is 16.1. The van der Waals surface area contributed by atoms with Gasteiger partial charge < -0.3 is 19.9 Å². The van der Waals surface area contributed by atoms with Crippen LogP contribution in [0.3, 0.4) is 0 Å². The molecule has 1 heterocycles. The molecule has 0 spiro atoms. The minimum absolute atomic E-state index is 0. The predicted molar refractivity (Wildman–Crippen MR) is 110 cm³/mol. The molecule has 0 aliphatic carbocycles. The molecule has 0 unspecified atom stereocenters. The van der Waals surface area contributed by atoms with E-state index in [1.165, 1.54) is 24.3 Å². The summed E-state index contributed by atoms with van der Waals surface area (Å²) in [7, 11) is -3.75. The van der Waals surface area contributed by atoms with Crippen LogP contribution < -0.4 is 34.7 Å². The van der Waals surface area contributed by atoms with E-state index >= 15 is 0 Å². The third-order valence-electron chi connectivity index (χ3n) is 5.48. The van der Waals surface area contributed by atoms with Crippen LogP contribution >= 0.6 is 0 Å². The van der Waals surface area contributed by atoms with Gasteiger partial charge in [-0.25, -0.2) is 13.3 Å². The fourth-order valence-corrected chi connectivity index (χ4v) is 5.31. The van der Waals surface area contributed by atoms with Crippen molar-refractivity contribution in [3.63, 3.8) is 0 Å². The summed E-state index contributed by atoms with van der Waals surface area (Å²) in [6.45, 7) is 8.96. The van der Waals surface area contributed by atoms with Crippen molar-refractivity contribution in [2.24, 2.45) is 0 Å². The molecule has 0 amide bonds. The molecule has 1 aliphatic heterocycles. The summed E-state index contributed by atoms with van der Waals surface area (Å²) in [5, 5.41) is 21.6. The molecule has 2 aromatic rings. The average Bonchev–Trinajstić information content (AvgIpc) is 2.73. The molecule has 1 saturated heterocycles. The number of carbonyl (C=O) groups excluding carboxylic acids is 1. The van der Waals surface area contributed by atoms with Crippen molar-refractivity contribution in [3.05, 3.63) is 71.1 Å². The van der Waals surface area contributed by atoms with Crippen LogP contribution in [0.15, 0.2) is 53.4 Å². The molecule has 3 rings (SSSR count). The van der Waals surface area contributed by atoms with Crippen LogP contribution in [0.4, 0.5) is 5.69 Å². The maximum Gasteiger partial charge on any atom is 1.00 e. The van der Waals surface area contributed by atoms with E-state index < -0.39 is 27.2 Å². The molecule has 9 heteroatoms. The number of benzene rings is 2. The monoisotopic (exact) mass is 450 g/mol. The molecule has 7 nitrogen and oxygen atoms in total. The van der Waals surface area contributed by atoms with E-state index in [2.05, 4.69) is 9.74 Å². The quantitative estimate of drug-likeness (QED) is 0.405. The van der Waals surface area contributed by atoms with Gasteiger partial charge in [0.05, 0.1) is 28.8 Å². The summed E-state index contributed by atoms with van der Waals surface area (Å²) in [5.41, 5.74) is 0.340. The van der Waals surface area contributed by atoms with Crippen molar-refractivity contribution < 1.29 is 53.0 Å². The first-order chi connectivity index (χ1) is 14.2. The second-order valence-corrected chi connectivity index (χ2v) is 9.65. The van der Waals surface area contributed by atoms with Gasteiger partial charge in [-0.1, -0.05) is 36.4 Å². The Labute approximate surface area is 204 Å². The second kappa shape index (κ2) is 10.7. The molecule has 2 aromatic carbocycles. The Balaban J connectivity index is 0.00000341. The summed E-state index contributed by atoms with van der Waals surface area (Å²) in [5.74, 6) is -1.76. The number of nitrogens with zero attached hydrogens (tertiary/aromatic N) is 2. The molecule has 31 heavy (non-hydrogen) atoms. The van der Waals surface area contributed by atoms with Crippen molar-refractivity contribution in [3.8, 4) is 0 Å². The zero-order valence-corrected chi connectivity index (χ0v) is 20.3. The number of likely N-dealkylation sites (tertiary alicyclic amines) is 1. The number of piperidine rings is 1. The SMILES string of the molecule is [C-]#[N+]c1ccc(CCN2CCC(O)(CS(=O)(=O)c3ccc(C(=O)[O-])cc3)CC2)cc1.[Na+]. The molecule has 0 saturated carbocycles. The number of hydrogen-bond acceptors (Lipinski definition) is 6. The Morgan fingerprint density at radius 3 is 2.19 bits per heavy atom. The summed E-state index contributed by atoms with van der Waals surface area (Å²) < 4.78 is 25.3. The average molecular weight is 450 g/mol. The van der Waals surface area contributed by atoms with E-state index in [0.717, 1.165) is 18.5 Å². The zero-order chi connectivity index (χ0) is 21.8. The number of sulfone groups is 1. The number of carboxylic acid groups (broad SMARTS) is 1. The van der Waals surface area contributed by atoms with E-state index in [1.54, 1.807) is 12.1 Å². The Morgan fingerprint density at radius 1 is 1.10 bits per heavy atom. The Kier molecular flexibility index (Phi) is 8.83. The zero-order valence-electron chi connectivity index (χ0n) is 17.5. The van der Waals surface area contributed by atoms with E-state index in [4.69, 9.17) is 6.57 Å². The smallest absolute Gasteiger partial charge is 0.545 e. The Bertz CT molecular complexity index is 1040. The number of aromatic carboxylic acids is 1. The Morgan fingerprint density at radius 2 is 1.68 bits per heavy atom. The van der Waals surface area contributed by atoms with Crippen molar-refractivity contribution >= 4 is 21.5 Å². The number of aliphatic hydroxyl groups is 1. The number of rotatable bonds is 7. The van der Waals surface area contributed by atoms with Crippen LogP contribution in [0.2, 0.25) is 0 Å². The first-order valence-corrected chi connectivity index (χ1v) is 11.3. The van der Waals surface area contributed by atoms with Gasteiger partial charge in [-0.15, -0.1) is 0 Å². The number of hydrogen-bond donors (Lipinski definition) is 1. The van der Waals surface area contributed by atoms with Gasteiger partial charge in [-0.05, 0) is 42.5 Å². The van der Waals surface area contributed by atoms with E-state index in [9.17, 15) is 23.4 Å². The largest absolute Gasteiger partial charge is 1.00 e. The van der Waals surface area contributed by atoms with Crippen LogP contribution in [0.25, 0.3) is 4.85 Å². The first-order valence-electron chi connectivity index (χ1n) is 9.66. The molecule has 0 aromatic heterocycles. The van der Waals surface area contributed by atoms with Crippen molar-refractivity contribution in [2.45, 2.75) is 29.8 Å². The molecule has 0 radical (unpaired) electrons. The summed E-state index contributed by atoms with van der Waals surface area (Å²) in [6, 6.07) is 12.3. The number of carboxylic acids is 1. The van der Waals surface area contributed by atoms with Crippen LogP contribution in [-0.2, 0) is 16.3 Å². The van der Waals surface area contributed by atoms with Crippen LogP contribution in [0.1, 0.15) is 28.8 Å². The molecule has 158 valence electrons. The van der Waals surface area contributed by atoms with Gasteiger partial charge in [0, 0.05) is 19.6 Å². The van der Waals surface area contributed by atoms with E-state index in [1.807, 2.05) is 12.1 Å². The molecule has 0 bridgehead atoms. The van der Waals surface area contributed by atoms with Gasteiger partial charge in [0.2, 0.25) is 0 Å². The topological polar surface area (TPSA) is 102 Å². The standard InChI is InChI=1S/C22H24N2O5S.Na/c1-23-19-6-2-17(3-7-19)10-13-24-14-11-22(27,12-15-24)16-30(28,29)20-8-4-18(5-9-20)21(25)26;/h2-9,27H,10-16H2,(H,25,26);/q;+1/p-1. The van der Waals surface area contributed by atoms with Crippen molar-refractivity contribution in [1.29, 1.82) is 0 Å². The van der Waals surface area contributed by atoms with Crippen LogP contribution in [-0.4, -0.2) is 55.4 Å². The molecule has 1 fully saturated rings. The van der Waals surface area contributed by atoms with Gasteiger partial charge in [-0.3, -0.25) is 0 Å². The van der Waals surface area contributed by atoms with Gasteiger partial charge in [-0.2, -0.15) is 0 Å². The molecule has 1 N–H and O–H groups in total. The van der Waals surface area contributed by atoms with Crippen LogP contribution in [0.5, 0.6) is 0 Å². The van der Waals surface area contributed by atoms with E-state index in [0.29, 0.717) is 31.6 Å². The van der Waals surface area contributed by atoms with E-state index in [-0.39, 0.29) is 40.0 Å².